The minimum absolute atomic E-state index is 0.0243. The molecule has 0 heterocycles. The van der Waals surface area contributed by atoms with Crippen molar-refractivity contribution in [2.45, 2.75) is 46.5 Å². The SMILES string of the molecule is CCCCCC(C#N)=CC1C(C(=O)O)C1(C)C. The van der Waals surface area contributed by atoms with Crippen molar-refractivity contribution in [1.82, 2.24) is 0 Å². The minimum atomic E-state index is -0.748. The summed E-state index contributed by atoms with van der Waals surface area (Å²) in [6, 6.07) is 2.20. The van der Waals surface area contributed by atoms with E-state index in [0.29, 0.717) is 0 Å². The van der Waals surface area contributed by atoms with E-state index in [1.807, 2.05) is 19.9 Å². The summed E-state index contributed by atoms with van der Waals surface area (Å²) in [5.74, 6) is -1.05. The molecule has 0 spiro atoms. The van der Waals surface area contributed by atoms with Gasteiger partial charge < -0.3 is 5.11 Å². The molecular weight excluding hydrogens is 214 g/mol. The highest BCUT2D eigenvalue weighted by molar-refractivity contribution is 5.76. The van der Waals surface area contributed by atoms with Crippen molar-refractivity contribution < 1.29 is 9.90 Å². The quantitative estimate of drug-likeness (QED) is 0.567. The number of hydrogen-bond donors (Lipinski definition) is 1. The fraction of sp³-hybridized carbons (Fsp3) is 0.714. The molecule has 3 nitrogen and oxygen atoms in total. The number of nitrogens with zero attached hydrogens (tertiary/aromatic N) is 1. The van der Waals surface area contributed by atoms with Gasteiger partial charge in [0.25, 0.3) is 0 Å². The van der Waals surface area contributed by atoms with Gasteiger partial charge in [-0.15, -0.1) is 0 Å². The van der Waals surface area contributed by atoms with Crippen molar-refractivity contribution in [3.63, 3.8) is 0 Å². The lowest BCUT2D eigenvalue weighted by molar-refractivity contribution is -0.139. The van der Waals surface area contributed by atoms with Crippen LogP contribution < -0.4 is 0 Å². The van der Waals surface area contributed by atoms with Crippen LogP contribution in [0.1, 0.15) is 46.5 Å². The van der Waals surface area contributed by atoms with Crippen LogP contribution in [0, 0.1) is 28.6 Å². The third kappa shape index (κ3) is 3.09. The third-order valence-corrected chi connectivity index (χ3v) is 3.75. The van der Waals surface area contributed by atoms with E-state index in [-0.39, 0.29) is 17.3 Å². The van der Waals surface area contributed by atoms with Crippen LogP contribution in [0.4, 0.5) is 0 Å². The highest BCUT2D eigenvalue weighted by Crippen LogP contribution is 2.59. The first-order valence-corrected chi connectivity index (χ1v) is 6.28. The van der Waals surface area contributed by atoms with Gasteiger partial charge in [-0.1, -0.05) is 39.7 Å². The van der Waals surface area contributed by atoms with Gasteiger partial charge >= 0.3 is 5.97 Å². The summed E-state index contributed by atoms with van der Waals surface area (Å²) in [4.78, 5) is 11.0. The molecule has 1 rings (SSSR count). The number of rotatable bonds is 6. The van der Waals surface area contributed by atoms with E-state index in [1.54, 1.807) is 0 Å². The molecule has 2 atom stereocenters. The van der Waals surface area contributed by atoms with Crippen molar-refractivity contribution in [1.29, 1.82) is 5.26 Å². The molecule has 94 valence electrons. The maximum atomic E-state index is 11.0. The molecule has 0 saturated heterocycles. The van der Waals surface area contributed by atoms with E-state index >= 15 is 0 Å². The van der Waals surface area contributed by atoms with Crippen molar-refractivity contribution in [2.24, 2.45) is 17.3 Å². The van der Waals surface area contributed by atoms with Gasteiger partial charge in [0.05, 0.1) is 12.0 Å². The van der Waals surface area contributed by atoms with Crippen molar-refractivity contribution in [2.75, 3.05) is 0 Å². The second-order valence-electron chi connectivity index (χ2n) is 5.42. The maximum Gasteiger partial charge on any atom is 0.307 e. The first-order valence-electron chi connectivity index (χ1n) is 6.28. The van der Waals surface area contributed by atoms with Crippen LogP contribution in [0.3, 0.4) is 0 Å². The minimum Gasteiger partial charge on any atom is -0.481 e. The molecule has 1 saturated carbocycles. The van der Waals surface area contributed by atoms with Crippen molar-refractivity contribution >= 4 is 5.97 Å². The van der Waals surface area contributed by atoms with E-state index in [1.165, 1.54) is 0 Å². The fourth-order valence-corrected chi connectivity index (χ4v) is 2.42. The van der Waals surface area contributed by atoms with E-state index in [9.17, 15) is 4.79 Å². The van der Waals surface area contributed by atoms with Crippen molar-refractivity contribution in [3.05, 3.63) is 11.6 Å². The average molecular weight is 235 g/mol. The molecule has 17 heavy (non-hydrogen) atoms. The number of allylic oxidation sites excluding steroid dienone is 2. The van der Waals surface area contributed by atoms with Gasteiger partial charge in [0.1, 0.15) is 0 Å². The molecule has 0 aromatic carbocycles. The topological polar surface area (TPSA) is 61.1 Å². The predicted molar refractivity (Wildman–Crippen MR) is 66.2 cm³/mol. The largest absolute Gasteiger partial charge is 0.481 e. The second kappa shape index (κ2) is 5.35. The normalized spacial score (nSPS) is 26.4. The van der Waals surface area contributed by atoms with Crippen LogP contribution in [-0.2, 0) is 4.79 Å². The Labute approximate surface area is 103 Å². The lowest BCUT2D eigenvalue weighted by Gasteiger charge is -1.99. The monoisotopic (exact) mass is 235 g/mol. The smallest absolute Gasteiger partial charge is 0.307 e. The lowest BCUT2D eigenvalue weighted by atomic mass is 10.0. The van der Waals surface area contributed by atoms with Crippen LogP contribution in [0.25, 0.3) is 0 Å². The number of hydrogen-bond acceptors (Lipinski definition) is 2. The third-order valence-electron chi connectivity index (χ3n) is 3.75. The van der Waals surface area contributed by atoms with E-state index in [2.05, 4.69) is 13.0 Å². The second-order valence-corrected chi connectivity index (χ2v) is 5.42. The molecule has 1 aliphatic carbocycles. The number of carboxylic acids is 1. The van der Waals surface area contributed by atoms with Gasteiger partial charge in [-0.05, 0) is 24.2 Å². The zero-order valence-corrected chi connectivity index (χ0v) is 10.9. The summed E-state index contributed by atoms with van der Waals surface area (Å²) in [5.41, 5.74) is 0.555. The Morgan fingerprint density at radius 2 is 2.12 bits per heavy atom. The van der Waals surface area contributed by atoms with E-state index in [4.69, 9.17) is 10.4 Å². The van der Waals surface area contributed by atoms with Gasteiger partial charge in [0, 0.05) is 5.57 Å². The summed E-state index contributed by atoms with van der Waals surface area (Å²) in [7, 11) is 0. The Morgan fingerprint density at radius 3 is 2.53 bits per heavy atom. The first-order chi connectivity index (χ1) is 7.95. The van der Waals surface area contributed by atoms with Crippen LogP contribution >= 0.6 is 0 Å². The number of aliphatic carboxylic acids is 1. The average Bonchev–Trinajstić information content (AvgIpc) is 2.79. The zero-order chi connectivity index (χ0) is 13.1. The Hall–Kier alpha value is -1.30. The first kappa shape index (κ1) is 13.8. The summed E-state index contributed by atoms with van der Waals surface area (Å²) >= 11 is 0. The van der Waals surface area contributed by atoms with Gasteiger partial charge in [0.15, 0.2) is 0 Å². The Balaban J connectivity index is 2.62. The fourth-order valence-electron chi connectivity index (χ4n) is 2.42. The molecule has 1 aliphatic rings. The maximum absolute atomic E-state index is 11.0. The summed E-state index contributed by atoms with van der Waals surface area (Å²) in [6.07, 6.45) is 5.93. The molecule has 0 amide bonds. The number of carboxylic acid groups (broad SMARTS) is 1. The summed E-state index contributed by atoms with van der Waals surface area (Å²) < 4.78 is 0. The molecule has 0 aromatic rings. The van der Waals surface area contributed by atoms with E-state index in [0.717, 1.165) is 31.3 Å². The number of unbranched alkanes of at least 4 members (excludes halogenated alkanes) is 2. The molecule has 0 bridgehead atoms. The zero-order valence-electron chi connectivity index (χ0n) is 10.9. The molecule has 1 fully saturated rings. The molecule has 0 radical (unpaired) electrons. The van der Waals surface area contributed by atoms with Crippen LogP contribution in [0.15, 0.2) is 11.6 Å². The molecule has 2 unspecified atom stereocenters. The van der Waals surface area contributed by atoms with E-state index < -0.39 is 5.97 Å². The van der Waals surface area contributed by atoms with Gasteiger partial charge in [0.2, 0.25) is 0 Å². The van der Waals surface area contributed by atoms with Gasteiger partial charge in [-0.25, -0.2) is 0 Å². The standard InChI is InChI=1S/C14H21NO2/c1-4-5-6-7-10(9-15)8-11-12(13(16)17)14(11,2)3/h8,11-12H,4-7H2,1-3H3,(H,16,17). The number of carbonyl (C=O) groups is 1. The number of nitriles is 1. The van der Waals surface area contributed by atoms with Crippen LogP contribution in [0.5, 0.6) is 0 Å². The van der Waals surface area contributed by atoms with Crippen LogP contribution in [0.2, 0.25) is 0 Å². The Bertz CT molecular complexity index is 363. The summed E-state index contributed by atoms with van der Waals surface area (Å²) in [6.45, 7) is 6.03. The highest BCUT2D eigenvalue weighted by Gasteiger charge is 2.60. The Morgan fingerprint density at radius 1 is 1.47 bits per heavy atom. The van der Waals surface area contributed by atoms with Gasteiger partial charge in [-0.2, -0.15) is 5.26 Å². The highest BCUT2D eigenvalue weighted by atomic mass is 16.4. The van der Waals surface area contributed by atoms with Crippen LogP contribution in [-0.4, -0.2) is 11.1 Å². The molecule has 0 aromatic heterocycles. The molecule has 3 heteroatoms. The Kier molecular flexibility index (Phi) is 4.34. The molecule has 1 N–H and O–H groups in total. The molecular formula is C14H21NO2. The van der Waals surface area contributed by atoms with Gasteiger partial charge in [-0.3, -0.25) is 4.79 Å². The predicted octanol–water partition coefficient (Wildman–Crippen LogP) is 3.37. The summed E-state index contributed by atoms with van der Waals surface area (Å²) in [5, 5.41) is 18.1. The van der Waals surface area contributed by atoms with Crippen molar-refractivity contribution in [3.8, 4) is 6.07 Å². The lowest BCUT2D eigenvalue weighted by Crippen LogP contribution is -2.03. The molecule has 0 aliphatic heterocycles.